The van der Waals surface area contributed by atoms with E-state index in [-0.39, 0.29) is 18.0 Å². The summed E-state index contributed by atoms with van der Waals surface area (Å²) >= 11 is 0. The molecule has 7 heteroatoms. The predicted octanol–water partition coefficient (Wildman–Crippen LogP) is -0.761. The lowest BCUT2D eigenvalue weighted by Crippen LogP contribution is -2.59. The molecule has 3 aliphatic rings. The molecule has 3 saturated heterocycles. The standard InChI is InChI=1S/C14H24N4O3/c1-21-10-14(2-4-15-5-3-14)12(19)17-6-7-18-11(9-17)8-16-13(18)20/h11,15H,2-10H2,1H3,(H,16,20). The van der Waals surface area contributed by atoms with Crippen molar-refractivity contribution >= 4 is 11.9 Å². The summed E-state index contributed by atoms with van der Waals surface area (Å²) in [6.45, 7) is 4.73. The Morgan fingerprint density at radius 1 is 1.38 bits per heavy atom. The molecule has 2 N–H and O–H groups in total. The monoisotopic (exact) mass is 296 g/mol. The fourth-order valence-corrected chi connectivity index (χ4v) is 3.73. The minimum Gasteiger partial charge on any atom is -0.384 e. The van der Waals surface area contributed by atoms with Crippen molar-refractivity contribution in [1.82, 2.24) is 20.4 Å². The lowest BCUT2D eigenvalue weighted by molar-refractivity contribution is -0.149. The summed E-state index contributed by atoms with van der Waals surface area (Å²) in [5.74, 6) is 0.199. The maximum Gasteiger partial charge on any atom is 0.317 e. The smallest absolute Gasteiger partial charge is 0.317 e. The summed E-state index contributed by atoms with van der Waals surface area (Å²) < 4.78 is 5.35. The van der Waals surface area contributed by atoms with Gasteiger partial charge in [-0.25, -0.2) is 4.79 Å². The molecule has 3 rings (SSSR count). The molecule has 3 amide bonds. The van der Waals surface area contributed by atoms with Crippen molar-refractivity contribution < 1.29 is 14.3 Å². The topological polar surface area (TPSA) is 73.9 Å². The third-order valence-corrected chi connectivity index (χ3v) is 4.95. The van der Waals surface area contributed by atoms with E-state index in [1.54, 1.807) is 7.11 Å². The number of carbonyl (C=O) groups excluding carboxylic acids is 2. The number of hydrogen-bond donors (Lipinski definition) is 2. The normalized spacial score (nSPS) is 28.2. The van der Waals surface area contributed by atoms with E-state index in [1.165, 1.54) is 0 Å². The van der Waals surface area contributed by atoms with E-state index in [2.05, 4.69) is 10.6 Å². The number of fused-ring (bicyclic) bond motifs is 1. The van der Waals surface area contributed by atoms with Crippen LogP contribution >= 0.6 is 0 Å². The van der Waals surface area contributed by atoms with Crippen molar-refractivity contribution in [2.45, 2.75) is 18.9 Å². The van der Waals surface area contributed by atoms with Gasteiger partial charge in [-0.15, -0.1) is 0 Å². The Labute approximate surface area is 125 Å². The molecule has 7 nitrogen and oxygen atoms in total. The van der Waals surface area contributed by atoms with Gasteiger partial charge in [-0.2, -0.15) is 0 Å². The van der Waals surface area contributed by atoms with Crippen molar-refractivity contribution in [3.63, 3.8) is 0 Å². The average molecular weight is 296 g/mol. The number of nitrogens with zero attached hydrogens (tertiary/aromatic N) is 2. The van der Waals surface area contributed by atoms with Crippen LogP contribution in [0.1, 0.15) is 12.8 Å². The zero-order valence-electron chi connectivity index (χ0n) is 12.6. The SMILES string of the molecule is COCC1(C(=O)N2CCN3C(=O)NCC3C2)CCNCC1. The van der Waals surface area contributed by atoms with Gasteiger partial charge < -0.3 is 25.2 Å². The van der Waals surface area contributed by atoms with Crippen molar-refractivity contribution in [2.24, 2.45) is 5.41 Å². The Morgan fingerprint density at radius 3 is 2.86 bits per heavy atom. The molecule has 3 aliphatic heterocycles. The second kappa shape index (κ2) is 5.81. The summed E-state index contributed by atoms with van der Waals surface area (Å²) in [6, 6.07) is 0.122. The van der Waals surface area contributed by atoms with E-state index in [0.29, 0.717) is 32.8 Å². The van der Waals surface area contributed by atoms with Crippen LogP contribution in [0.4, 0.5) is 4.79 Å². The predicted molar refractivity (Wildman–Crippen MR) is 76.9 cm³/mol. The van der Waals surface area contributed by atoms with Crippen molar-refractivity contribution in [1.29, 1.82) is 0 Å². The molecule has 118 valence electrons. The van der Waals surface area contributed by atoms with E-state index in [4.69, 9.17) is 4.74 Å². The number of nitrogens with one attached hydrogen (secondary N) is 2. The second-order valence-electron chi connectivity index (χ2n) is 6.25. The van der Waals surface area contributed by atoms with Crippen LogP contribution in [-0.4, -0.2) is 80.8 Å². The Morgan fingerprint density at radius 2 is 2.14 bits per heavy atom. The number of methoxy groups -OCH3 is 1. The number of piperidine rings is 1. The maximum atomic E-state index is 13.0. The molecule has 0 aliphatic carbocycles. The van der Waals surface area contributed by atoms with Gasteiger partial charge in [0, 0.05) is 33.3 Å². The van der Waals surface area contributed by atoms with Crippen molar-refractivity contribution in [2.75, 3.05) is 53.0 Å². The van der Waals surface area contributed by atoms with Gasteiger partial charge in [0.15, 0.2) is 0 Å². The number of hydrogen-bond acceptors (Lipinski definition) is 4. The fourth-order valence-electron chi connectivity index (χ4n) is 3.73. The van der Waals surface area contributed by atoms with E-state index >= 15 is 0 Å². The van der Waals surface area contributed by atoms with Gasteiger partial charge in [-0.1, -0.05) is 0 Å². The van der Waals surface area contributed by atoms with Crippen LogP contribution in [0.25, 0.3) is 0 Å². The van der Waals surface area contributed by atoms with Gasteiger partial charge in [-0.05, 0) is 25.9 Å². The van der Waals surface area contributed by atoms with Gasteiger partial charge in [0.2, 0.25) is 5.91 Å². The number of amides is 3. The zero-order valence-corrected chi connectivity index (χ0v) is 12.6. The van der Waals surface area contributed by atoms with Crippen LogP contribution in [0.3, 0.4) is 0 Å². The minimum atomic E-state index is -0.391. The molecule has 1 atom stereocenters. The minimum absolute atomic E-state index is 0.000528. The van der Waals surface area contributed by atoms with E-state index in [9.17, 15) is 9.59 Å². The number of ether oxygens (including phenoxy) is 1. The maximum absolute atomic E-state index is 13.0. The van der Waals surface area contributed by atoms with Crippen LogP contribution in [0.15, 0.2) is 0 Å². The molecule has 0 aromatic rings. The van der Waals surface area contributed by atoms with E-state index in [1.807, 2.05) is 9.80 Å². The van der Waals surface area contributed by atoms with Crippen molar-refractivity contribution in [3.8, 4) is 0 Å². The van der Waals surface area contributed by atoms with Gasteiger partial charge >= 0.3 is 6.03 Å². The molecule has 0 spiro atoms. The Hall–Kier alpha value is -1.34. The molecule has 3 fully saturated rings. The summed E-state index contributed by atoms with van der Waals surface area (Å²) in [7, 11) is 1.66. The highest BCUT2D eigenvalue weighted by atomic mass is 16.5. The highest BCUT2D eigenvalue weighted by Crippen LogP contribution is 2.32. The molecular formula is C14H24N4O3. The summed E-state index contributed by atoms with van der Waals surface area (Å²) in [6.07, 6.45) is 1.64. The largest absolute Gasteiger partial charge is 0.384 e. The zero-order chi connectivity index (χ0) is 14.9. The average Bonchev–Trinajstić information content (AvgIpc) is 2.88. The third kappa shape index (κ3) is 2.60. The molecule has 0 bridgehead atoms. The first kappa shape index (κ1) is 14.6. The highest BCUT2D eigenvalue weighted by molar-refractivity contribution is 5.84. The van der Waals surface area contributed by atoms with E-state index in [0.717, 1.165) is 25.9 Å². The van der Waals surface area contributed by atoms with Crippen molar-refractivity contribution in [3.05, 3.63) is 0 Å². The highest BCUT2D eigenvalue weighted by Gasteiger charge is 2.45. The summed E-state index contributed by atoms with van der Waals surface area (Å²) in [5, 5.41) is 6.16. The second-order valence-corrected chi connectivity index (χ2v) is 6.25. The van der Waals surface area contributed by atoms with Gasteiger partial charge in [0.1, 0.15) is 0 Å². The van der Waals surface area contributed by atoms with Gasteiger partial charge in [0.05, 0.1) is 18.1 Å². The first-order valence-electron chi connectivity index (χ1n) is 7.70. The van der Waals surface area contributed by atoms with Crippen LogP contribution in [0.2, 0.25) is 0 Å². The molecule has 0 radical (unpaired) electrons. The number of urea groups is 1. The first-order valence-corrected chi connectivity index (χ1v) is 7.70. The van der Waals surface area contributed by atoms with Crippen LogP contribution < -0.4 is 10.6 Å². The van der Waals surface area contributed by atoms with Gasteiger partial charge in [0.25, 0.3) is 0 Å². The molecule has 3 heterocycles. The van der Waals surface area contributed by atoms with Crippen LogP contribution in [-0.2, 0) is 9.53 Å². The van der Waals surface area contributed by atoms with Gasteiger partial charge in [-0.3, -0.25) is 4.79 Å². The first-order chi connectivity index (χ1) is 10.2. The molecule has 21 heavy (non-hydrogen) atoms. The molecular weight excluding hydrogens is 272 g/mol. The summed E-state index contributed by atoms with van der Waals surface area (Å²) in [4.78, 5) is 28.4. The Bertz CT molecular complexity index is 417. The number of piperazine rings is 1. The number of carbonyl (C=O) groups is 2. The van der Waals surface area contributed by atoms with Crippen LogP contribution in [0, 0.1) is 5.41 Å². The lowest BCUT2D eigenvalue weighted by atomic mass is 9.78. The molecule has 0 aromatic carbocycles. The van der Waals surface area contributed by atoms with E-state index < -0.39 is 5.41 Å². The Balaban J connectivity index is 1.70. The molecule has 1 unspecified atom stereocenters. The third-order valence-electron chi connectivity index (χ3n) is 4.95. The Kier molecular flexibility index (Phi) is 4.03. The number of rotatable bonds is 3. The lowest BCUT2D eigenvalue weighted by Gasteiger charge is -2.43. The quantitative estimate of drug-likeness (QED) is 0.718. The summed E-state index contributed by atoms with van der Waals surface area (Å²) in [5.41, 5.74) is -0.391. The molecule has 0 aromatic heterocycles. The molecule has 0 saturated carbocycles. The fraction of sp³-hybridized carbons (Fsp3) is 0.857. The van der Waals surface area contributed by atoms with Crippen LogP contribution in [0.5, 0.6) is 0 Å².